The molecule has 0 radical (unpaired) electrons. The first-order valence-electron chi connectivity index (χ1n) is 5.44. The molecule has 2 aliphatic rings. The second-order valence-electron chi connectivity index (χ2n) is 4.94. The topological polar surface area (TPSA) is 15.3 Å². The smallest absolute Gasteiger partial charge is 0.0671 e. The van der Waals surface area contributed by atoms with Gasteiger partial charge in [-0.25, -0.2) is 0 Å². The van der Waals surface area contributed by atoms with Crippen molar-refractivity contribution in [1.29, 1.82) is 0 Å². The summed E-state index contributed by atoms with van der Waals surface area (Å²) in [7, 11) is 0. The highest BCUT2D eigenvalue weighted by atomic mass is 32.2. The Hall–Kier alpha value is -0.150. The Bertz CT molecular complexity index is 248. The summed E-state index contributed by atoms with van der Waals surface area (Å²) < 4.78 is 0. The quantitative estimate of drug-likeness (QED) is 0.716. The van der Waals surface area contributed by atoms with Crippen LogP contribution in [0.5, 0.6) is 0 Å². The van der Waals surface area contributed by atoms with Gasteiger partial charge in [0.15, 0.2) is 0 Å². The maximum absolute atomic E-state index is 3.54. The van der Waals surface area contributed by atoms with Crippen LogP contribution in [0.3, 0.4) is 0 Å². The Morgan fingerprint density at radius 2 is 2.36 bits per heavy atom. The highest BCUT2D eigenvalue weighted by Gasteiger charge is 2.28. The van der Waals surface area contributed by atoms with E-state index in [1.54, 1.807) is 0 Å². The summed E-state index contributed by atoms with van der Waals surface area (Å²) in [5.74, 6) is 0. The number of thioether (sulfide) groups is 1. The van der Waals surface area contributed by atoms with Crippen LogP contribution in [0.25, 0.3) is 0 Å². The van der Waals surface area contributed by atoms with Crippen molar-refractivity contribution >= 4 is 11.8 Å². The van der Waals surface area contributed by atoms with Crippen LogP contribution < -0.4 is 5.32 Å². The van der Waals surface area contributed by atoms with Crippen LogP contribution in [-0.2, 0) is 0 Å². The minimum atomic E-state index is 0.269. The summed E-state index contributed by atoms with van der Waals surface area (Å²) in [4.78, 5) is 2.53. The van der Waals surface area contributed by atoms with E-state index in [0.717, 1.165) is 24.9 Å². The van der Waals surface area contributed by atoms with Gasteiger partial charge in [0.1, 0.15) is 0 Å². The third-order valence-electron chi connectivity index (χ3n) is 2.83. The molecule has 2 aliphatic heterocycles. The first-order chi connectivity index (χ1) is 6.57. The highest BCUT2D eigenvalue weighted by molar-refractivity contribution is 8.03. The lowest BCUT2D eigenvalue weighted by Crippen LogP contribution is -2.56. The zero-order chi connectivity index (χ0) is 10.2. The van der Waals surface area contributed by atoms with E-state index in [2.05, 4.69) is 37.1 Å². The molecule has 0 saturated carbocycles. The van der Waals surface area contributed by atoms with Gasteiger partial charge in [0.25, 0.3) is 0 Å². The van der Waals surface area contributed by atoms with Crippen LogP contribution in [-0.4, -0.2) is 35.3 Å². The van der Waals surface area contributed by atoms with Gasteiger partial charge in [-0.2, -0.15) is 0 Å². The molecule has 2 rings (SSSR count). The van der Waals surface area contributed by atoms with Crippen LogP contribution in [0.1, 0.15) is 27.2 Å². The average Bonchev–Trinajstić information content (AvgIpc) is 2.50. The van der Waals surface area contributed by atoms with Gasteiger partial charge in [-0.1, -0.05) is 13.0 Å². The van der Waals surface area contributed by atoms with E-state index in [1.165, 1.54) is 11.4 Å². The molecule has 0 spiro atoms. The molecule has 0 aliphatic carbocycles. The van der Waals surface area contributed by atoms with Gasteiger partial charge in [0.05, 0.1) is 5.03 Å². The fourth-order valence-corrected chi connectivity index (χ4v) is 3.20. The lowest BCUT2D eigenvalue weighted by Gasteiger charge is -2.40. The molecule has 0 aromatic rings. The molecule has 1 saturated heterocycles. The Morgan fingerprint density at radius 1 is 1.57 bits per heavy atom. The third-order valence-corrected chi connectivity index (χ3v) is 4.09. The van der Waals surface area contributed by atoms with Crippen molar-refractivity contribution in [2.24, 2.45) is 0 Å². The molecular formula is C11H20N2S. The van der Waals surface area contributed by atoms with E-state index in [1.807, 2.05) is 11.8 Å². The maximum Gasteiger partial charge on any atom is 0.0671 e. The molecule has 0 aromatic carbocycles. The lowest BCUT2D eigenvalue weighted by molar-refractivity contribution is 0.201. The second kappa shape index (κ2) is 3.78. The van der Waals surface area contributed by atoms with Crippen molar-refractivity contribution in [3.8, 4) is 0 Å². The predicted octanol–water partition coefficient (Wildman–Crippen LogP) is 2.04. The zero-order valence-electron chi connectivity index (χ0n) is 9.34. The molecule has 80 valence electrons. The number of allylic oxidation sites excluding steroid dienone is 1. The summed E-state index contributed by atoms with van der Waals surface area (Å²) in [5, 5.41) is 5.83. The number of rotatable bonds is 1. The highest BCUT2D eigenvalue weighted by Crippen LogP contribution is 2.35. The summed E-state index contributed by atoms with van der Waals surface area (Å²) in [6, 6.07) is 0. The summed E-state index contributed by atoms with van der Waals surface area (Å²) in [6.45, 7) is 10.3. The van der Waals surface area contributed by atoms with Gasteiger partial charge in [0, 0.05) is 30.4 Å². The molecule has 14 heavy (non-hydrogen) atoms. The Labute approximate surface area is 91.1 Å². The minimum Gasteiger partial charge on any atom is -0.364 e. The summed E-state index contributed by atoms with van der Waals surface area (Å²) in [5.41, 5.74) is 0.269. The van der Waals surface area contributed by atoms with Crippen molar-refractivity contribution in [1.82, 2.24) is 10.2 Å². The van der Waals surface area contributed by atoms with Crippen molar-refractivity contribution in [3.63, 3.8) is 0 Å². The van der Waals surface area contributed by atoms with Crippen LogP contribution in [0.4, 0.5) is 0 Å². The Morgan fingerprint density at radius 3 is 2.93 bits per heavy atom. The molecule has 2 heterocycles. The van der Waals surface area contributed by atoms with Crippen LogP contribution in [0, 0.1) is 0 Å². The van der Waals surface area contributed by atoms with Crippen molar-refractivity contribution < 1.29 is 0 Å². The fourth-order valence-electron chi connectivity index (χ4n) is 2.10. The average molecular weight is 212 g/mol. The zero-order valence-corrected chi connectivity index (χ0v) is 10.2. The van der Waals surface area contributed by atoms with Gasteiger partial charge >= 0.3 is 0 Å². The molecule has 0 aromatic heterocycles. The monoisotopic (exact) mass is 212 g/mol. The largest absolute Gasteiger partial charge is 0.364 e. The van der Waals surface area contributed by atoms with Crippen molar-refractivity contribution in [2.75, 3.05) is 19.6 Å². The van der Waals surface area contributed by atoms with Gasteiger partial charge in [-0.05, 0) is 20.3 Å². The normalized spacial score (nSPS) is 31.8. The summed E-state index contributed by atoms with van der Waals surface area (Å²) >= 11 is 2.03. The molecule has 1 atom stereocenters. The van der Waals surface area contributed by atoms with Crippen LogP contribution in [0.15, 0.2) is 11.1 Å². The van der Waals surface area contributed by atoms with Crippen molar-refractivity contribution in [3.05, 3.63) is 11.1 Å². The predicted molar refractivity (Wildman–Crippen MR) is 63.4 cm³/mol. The number of hydrogen-bond acceptors (Lipinski definition) is 3. The molecule has 1 N–H and O–H groups in total. The van der Waals surface area contributed by atoms with Gasteiger partial charge in [-0.15, -0.1) is 11.8 Å². The standard InChI is InChI=1S/C11H20N2S/c1-9-4-5-10(14-9)13-7-6-12-11(2,3)8-13/h5,9,12H,4,6-8H2,1-3H3/t9-/m1/s1. The van der Waals surface area contributed by atoms with E-state index in [-0.39, 0.29) is 5.54 Å². The molecule has 0 amide bonds. The molecule has 0 unspecified atom stereocenters. The summed E-state index contributed by atoms with van der Waals surface area (Å²) in [6.07, 6.45) is 3.64. The molecular weight excluding hydrogens is 192 g/mol. The Kier molecular flexibility index (Phi) is 2.80. The Balaban J connectivity index is 1.98. The number of hydrogen-bond donors (Lipinski definition) is 1. The van der Waals surface area contributed by atoms with E-state index in [9.17, 15) is 0 Å². The SMILES string of the molecule is C[C@@H]1CC=C(N2CCNC(C)(C)C2)S1. The maximum atomic E-state index is 3.54. The van der Waals surface area contributed by atoms with Crippen molar-refractivity contribution in [2.45, 2.75) is 38.0 Å². The molecule has 0 bridgehead atoms. The first kappa shape index (κ1) is 10.4. The number of nitrogens with one attached hydrogen (secondary N) is 1. The lowest BCUT2D eigenvalue weighted by atomic mass is 10.0. The van der Waals surface area contributed by atoms with Gasteiger partial charge < -0.3 is 10.2 Å². The van der Waals surface area contributed by atoms with E-state index >= 15 is 0 Å². The second-order valence-corrected chi connectivity index (χ2v) is 6.40. The van der Waals surface area contributed by atoms with Crippen LogP contribution >= 0.6 is 11.8 Å². The number of piperazine rings is 1. The van der Waals surface area contributed by atoms with E-state index < -0.39 is 0 Å². The number of nitrogens with zero attached hydrogens (tertiary/aromatic N) is 1. The minimum absolute atomic E-state index is 0.269. The van der Waals surface area contributed by atoms with E-state index in [4.69, 9.17) is 0 Å². The fraction of sp³-hybridized carbons (Fsp3) is 0.818. The first-order valence-corrected chi connectivity index (χ1v) is 6.32. The molecule has 3 heteroatoms. The van der Waals surface area contributed by atoms with E-state index in [0.29, 0.717) is 0 Å². The molecule has 2 nitrogen and oxygen atoms in total. The van der Waals surface area contributed by atoms with Gasteiger partial charge in [-0.3, -0.25) is 0 Å². The third kappa shape index (κ3) is 2.26. The van der Waals surface area contributed by atoms with Gasteiger partial charge in [0.2, 0.25) is 0 Å². The van der Waals surface area contributed by atoms with Crippen LogP contribution in [0.2, 0.25) is 0 Å². The molecule has 1 fully saturated rings.